The van der Waals surface area contributed by atoms with Crippen molar-refractivity contribution in [3.8, 4) is 17.2 Å². The number of benzene rings is 1. The van der Waals surface area contributed by atoms with Crippen molar-refractivity contribution in [2.75, 3.05) is 13.2 Å². The highest BCUT2D eigenvalue weighted by Gasteiger charge is 2.20. The van der Waals surface area contributed by atoms with Gasteiger partial charge >= 0.3 is 5.63 Å². The van der Waals surface area contributed by atoms with Crippen LogP contribution >= 0.6 is 0 Å². The molecule has 1 aromatic carbocycles. The Balaban J connectivity index is 2.05. The SMILES string of the molecule is CCCCCCCCCCOc1c(OC/C=C(\C)CCC=C(C)C)c2c(O)cccc2oc1=O. The number of aromatic hydroxyl groups is 1. The largest absolute Gasteiger partial charge is 0.507 e. The van der Waals surface area contributed by atoms with Gasteiger partial charge in [-0.3, -0.25) is 0 Å². The highest BCUT2D eigenvalue weighted by atomic mass is 16.5. The van der Waals surface area contributed by atoms with Crippen molar-refractivity contribution in [1.29, 1.82) is 0 Å². The van der Waals surface area contributed by atoms with Crippen molar-refractivity contribution in [2.24, 2.45) is 0 Å². The summed E-state index contributed by atoms with van der Waals surface area (Å²) in [6.45, 7) is 9.17. The molecule has 0 unspecified atom stereocenters. The Kier molecular flexibility index (Phi) is 12.4. The van der Waals surface area contributed by atoms with Gasteiger partial charge in [0.1, 0.15) is 23.3 Å². The molecule has 0 saturated carbocycles. The van der Waals surface area contributed by atoms with Crippen molar-refractivity contribution in [3.63, 3.8) is 0 Å². The van der Waals surface area contributed by atoms with E-state index in [1.165, 1.54) is 49.7 Å². The average molecular weight is 471 g/mol. The minimum absolute atomic E-state index is 0.00237. The van der Waals surface area contributed by atoms with E-state index in [1.807, 2.05) is 6.08 Å². The molecule has 0 aliphatic rings. The number of fused-ring (bicyclic) bond motifs is 1. The van der Waals surface area contributed by atoms with Crippen molar-refractivity contribution >= 4 is 11.0 Å². The number of hydrogen-bond donors (Lipinski definition) is 1. The molecule has 5 heteroatoms. The minimum atomic E-state index is -0.586. The summed E-state index contributed by atoms with van der Waals surface area (Å²) < 4.78 is 17.3. The summed E-state index contributed by atoms with van der Waals surface area (Å²) >= 11 is 0. The Hall–Kier alpha value is -2.69. The Labute approximate surface area is 204 Å². The molecule has 0 atom stereocenters. The first-order valence-corrected chi connectivity index (χ1v) is 12.8. The Bertz CT molecular complexity index is 995. The lowest BCUT2D eigenvalue weighted by atomic mass is 10.1. The van der Waals surface area contributed by atoms with Crippen LogP contribution in [0.4, 0.5) is 0 Å². The number of ether oxygens (including phenoxy) is 2. The summed E-state index contributed by atoms with van der Waals surface area (Å²) in [6.07, 6.45) is 15.6. The maximum Gasteiger partial charge on any atom is 0.383 e. The van der Waals surface area contributed by atoms with E-state index in [1.54, 1.807) is 18.2 Å². The molecular formula is C29H42O5. The fourth-order valence-electron chi connectivity index (χ4n) is 3.82. The molecule has 0 radical (unpaired) electrons. The molecule has 2 aromatic rings. The van der Waals surface area contributed by atoms with E-state index in [2.05, 4.69) is 33.8 Å². The molecule has 34 heavy (non-hydrogen) atoms. The summed E-state index contributed by atoms with van der Waals surface area (Å²) in [5, 5.41) is 10.8. The molecule has 0 amide bonds. The third-order valence-electron chi connectivity index (χ3n) is 5.82. The van der Waals surface area contributed by atoms with Crippen LogP contribution in [0, 0.1) is 0 Å². The number of phenolic OH excluding ortho intramolecular Hbond substituents is 1. The molecule has 188 valence electrons. The zero-order valence-corrected chi connectivity index (χ0v) is 21.5. The first kappa shape index (κ1) is 27.6. The predicted molar refractivity (Wildman–Crippen MR) is 140 cm³/mol. The van der Waals surface area contributed by atoms with E-state index < -0.39 is 5.63 Å². The van der Waals surface area contributed by atoms with Crippen molar-refractivity contribution < 1.29 is 19.0 Å². The van der Waals surface area contributed by atoms with E-state index in [4.69, 9.17) is 13.9 Å². The smallest absolute Gasteiger partial charge is 0.383 e. The van der Waals surface area contributed by atoms with Gasteiger partial charge < -0.3 is 19.0 Å². The second-order valence-electron chi connectivity index (χ2n) is 9.20. The molecule has 0 fully saturated rings. The molecule has 0 aliphatic carbocycles. The van der Waals surface area contributed by atoms with Gasteiger partial charge in [0.05, 0.1) is 6.61 Å². The quantitative estimate of drug-likeness (QED) is 0.152. The molecule has 1 aromatic heterocycles. The molecule has 2 rings (SSSR count). The van der Waals surface area contributed by atoms with Crippen molar-refractivity contribution in [2.45, 2.75) is 91.9 Å². The van der Waals surface area contributed by atoms with E-state index in [0.717, 1.165) is 25.7 Å². The monoisotopic (exact) mass is 470 g/mol. The molecule has 5 nitrogen and oxygen atoms in total. The van der Waals surface area contributed by atoms with Gasteiger partial charge in [0, 0.05) is 0 Å². The third-order valence-corrected chi connectivity index (χ3v) is 5.82. The van der Waals surface area contributed by atoms with Crippen LogP contribution in [0.15, 0.2) is 50.7 Å². The second-order valence-corrected chi connectivity index (χ2v) is 9.20. The summed E-state index contributed by atoms with van der Waals surface area (Å²) in [7, 11) is 0. The third kappa shape index (κ3) is 9.28. The van der Waals surface area contributed by atoms with Crippen LogP contribution in [0.25, 0.3) is 11.0 Å². The lowest BCUT2D eigenvalue weighted by Crippen LogP contribution is -2.11. The maximum absolute atomic E-state index is 12.7. The lowest BCUT2D eigenvalue weighted by Gasteiger charge is -2.14. The number of allylic oxidation sites excluding steroid dienone is 3. The van der Waals surface area contributed by atoms with Crippen molar-refractivity contribution in [3.05, 3.63) is 51.9 Å². The molecule has 1 N–H and O–H groups in total. The lowest BCUT2D eigenvalue weighted by molar-refractivity contribution is 0.264. The van der Waals surface area contributed by atoms with Gasteiger partial charge in [-0.25, -0.2) is 4.79 Å². The number of rotatable bonds is 16. The first-order chi connectivity index (χ1) is 16.4. The molecule has 0 aliphatic heterocycles. The fourth-order valence-corrected chi connectivity index (χ4v) is 3.82. The summed E-state index contributed by atoms with van der Waals surface area (Å²) in [4.78, 5) is 12.7. The standard InChI is InChI=1S/C29H42O5/c1-5-6-7-8-9-10-11-12-20-32-28-27(33-21-19-23(4)16-13-15-22(2)3)26-24(30)17-14-18-25(26)34-29(28)31/h14-15,17-19,30H,5-13,16,20-21H2,1-4H3/b23-19+. The zero-order valence-electron chi connectivity index (χ0n) is 21.5. The minimum Gasteiger partial charge on any atom is -0.507 e. The highest BCUT2D eigenvalue weighted by Crippen LogP contribution is 2.38. The zero-order chi connectivity index (χ0) is 24.8. The highest BCUT2D eigenvalue weighted by molar-refractivity contribution is 5.91. The maximum atomic E-state index is 12.7. The van der Waals surface area contributed by atoms with Crippen LogP contribution in [-0.4, -0.2) is 18.3 Å². The Morgan fingerprint density at radius 1 is 0.941 bits per heavy atom. The van der Waals surface area contributed by atoms with Gasteiger partial charge in [-0.05, 0) is 58.2 Å². The van der Waals surface area contributed by atoms with Gasteiger partial charge in [0.15, 0.2) is 5.75 Å². The Morgan fingerprint density at radius 2 is 1.65 bits per heavy atom. The van der Waals surface area contributed by atoms with Gasteiger partial charge in [-0.2, -0.15) is 0 Å². The molecule has 1 heterocycles. The van der Waals surface area contributed by atoms with Crippen LogP contribution in [-0.2, 0) is 0 Å². The van der Waals surface area contributed by atoms with Gasteiger partial charge in [0.2, 0.25) is 5.75 Å². The van der Waals surface area contributed by atoms with E-state index in [9.17, 15) is 9.90 Å². The van der Waals surface area contributed by atoms with Crippen LogP contribution < -0.4 is 15.1 Å². The molecule has 0 bridgehead atoms. The molecular weight excluding hydrogens is 428 g/mol. The average Bonchev–Trinajstić information content (AvgIpc) is 2.79. The second kappa shape index (κ2) is 15.3. The van der Waals surface area contributed by atoms with Crippen LogP contribution in [0.1, 0.15) is 91.9 Å². The summed E-state index contributed by atoms with van der Waals surface area (Å²) in [5.74, 6) is 0.280. The van der Waals surface area contributed by atoms with Gasteiger partial charge in [0.25, 0.3) is 0 Å². The summed E-state index contributed by atoms with van der Waals surface area (Å²) in [6, 6.07) is 4.84. The Morgan fingerprint density at radius 3 is 2.35 bits per heavy atom. The predicted octanol–water partition coefficient (Wildman–Crippen LogP) is 8.09. The molecule has 0 saturated heterocycles. The van der Waals surface area contributed by atoms with E-state index in [0.29, 0.717) is 12.0 Å². The number of phenols is 1. The van der Waals surface area contributed by atoms with Crippen LogP contribution in [0.2, 0.25) is 0 Å². The van der Waals surface area contributed by atoms with Crippen LogP contribution in [0.3, 0.4) is 0 Å². The topological polar surface area (TPSA) is 68.9 Å². The van der Waals surface area contributed by atoms with Gasteiger partial charge in [-0.15, -0.1) is 0 Å². The van der Waals surface area contributed by atoms with Crippen molar-refractivity contribution in [1.82, 2.24) is 0 Å². The van der Waals surface area contributed by atoms with E-state index in [-0.39, 0.29) is 29.4 Å². The number of unbranched alkanes of at least 4 members (excludes halogenated alkanes) is 7. The number of hydrogen-bond acceptors (Lipinski definition) is 5. The van der Waals surface area contributed by atoms with E-state index >= 15 is 0 Å². The van der Waals surface area contributed by atoms with Crippen LogP contribution in [0.5, 0.6) is 17.2 Å². The normalized spacial score (nSPS) is 11.6. The van der Waals surface area contributed by atoms with Gasteiger partial charge in [-0.1, -0.05) is 75.2 Å². The fraction of sp³-hybridized carbons (Fsp3) is 0.552. The summed E-state index contributed by atoms with van der Waals surface area (Å²) in [5.41, 5.74) is 2.20. The molecule has 0 spiro atoms. The first-order valence-electron chi connectivity index (χ1n) is 12.8.